The molecule has 4 aromatic carbocycles. The van der Waals surface area contributed by atoms with E-state index in [0.29, 0.717) is 0 Å². The van der Waals surface area contributed by atoms with Gasteiger partial charge in [-0.2, -0.15) is 0 Å². The van der Waals surface area contributed by atoms with E-state index in [2.05, 4.69) is 94.4 Å². The largest absolute Gasteiger partial charge is 0.496 e. The maximum Gasteiger partial charge on any atom is 0.496 e. The molecule has 33 heavy (non-hydrogen) atoms. The highest BCUT2D eigenvalue weighted by atomic mass is 32.1. The lowest BCUT2D eigenvalue weighted by Gasteiger charge is -2.32. The zero-order chi connectivity index (χ0) is 22.5. The molecule has 0 bridgehead atoms. The van der Waals surface area contributed by atoms with Gasteiger partial charge >= 0.3 is 7.12 Å². The van der Waals surface area contributed by atoms with Gasteiger partial charge in [-0.3, -0.25) is 0 Å². The molecule has 0 amide bonds. The van der Waals surface area contributed by atoms with Crippen molar-refractivity contribution in [1.29, 1.82) is 0 Å². The van der Waals surface area contributed by atoms with Gasteiger partial charge < -0.3 is 9.31 Å². The van der Waals surface area contributed by atoms with Crippen molar-refractivity contribution in [3.8, 4) is 0 Å². The zero-order valence-electron chi connectivity index (χ0n) is 19.1. The highest BCUT2D eigenvalue weighted by Gasteiger charge is 2.52. The summed E-state index contributed by atoms with van der Waals surface area (Å²) in [5.41, 5.74) is 0.379. The van der Waals surface area contributed by atoms with Crippen molar-refractivity contribution < 1.29 is 9.31 Å². The van der Waals surface area contributed by atoms with E-state index < -0.39 is 0 Å². The fraction of sp³-hybridized carbons (Fsp3) is 0.214. The predicted molar refractivity (Wildman–Crippen MR) is 145 cm³/mol. The summed E-state index contributed by atoms with van der Waals surface area (Å²) in [6, 6.07) is 24.4. The Balaban J connectivity index is 1.69. The Bertz CT molecular complexity index is 1730. The molecule has 1 saturated heterocycles. The fourth-order valence-corrected chi connectivity index (χ4v) is 7.64. The topological polar surface area (TPSA) is 18.5 Å². The number of rotatable bonds is 1. The van der Waals surface area contributed by atoms with Gasteiger partial charge in [0.15, 0.2) is 0 Å². The monoisotopic (exact) mass is 466 g/mol. The molecule has 6 aromatic rings. The fourth-order valence-electron chi connectivity index (χ4n) is 5.05. The van der Waals surface area contributed by atoms with Crippen LogP contribution >= 0.6 is 22.7 Å². The van der Waals surface area contributed by atoms with Crippen molar-refractivity contribution in [2.24, 2.45) is 0 Å². The van der Waals surface area contributed by atoms with Crippen LogP contribution in [0.2, 0.25) is 0 Å². The van der Waals surface area contributed by atoms with Gasteiger partial charge in [-0.15, -0.1) is 22.7 Å². The first kappa shape index (κ1) is 20.0. The van der Waals surface area contributed by atoms with Crippen molar-refractivity contribution in [2.75, 3.05) is 0 Å². The van der Waals surface area contributed by atoms with Crippen LogP contribution in [0.25, 0.3) is 51.1 Å². The molecule has 0 atom stereocenters. The first-order valence-corrected chi connectivity index (χ1v) is 13.0. The molecule has 0 unspecified atom stereocenters. The first-order chi connectivity index (χ1) is 15.8. The third-order valence-corrected chi connectivity index (χ3v) is 9.94. The molecule has 7 rings (SSSR count). The Kier molecular flexibility index (Phi) is 3.98. The van der Waals surface area contributed by atoms with Crippen molar-refractivity contribution in [1.82, 2.24) is 0 Å². The van der Waals surface area contributed by atoms with Crippen LogP contribution in [0.1, 0.15) is 27.7 Å². The highest BCUT2D eigenvalue weighted by Crippen LogP contribution is 2.46. The van der Waals surface area contributed by atoms with Crippen LogP contribution in [0.4, 0.5) is 0 Å². The Labute approximate surface area is 200 Å². The predicted octanol–water partition coefficient (Wildman–Crippen LogP) is 7.87. The molecule has 162 valence electrons. The van der Waals surface area contributed by atoms with Gasteiger partial charge in [0.05, 0.1) is 11.2 Å². The number of hydrogen-bond donors (Lipinski definition) is 0. The molecule has 1 fully saturated rings. The van der Waals surface area contributed by atoms with Crippen LogP contribution in [0.5, 0.6) is 0 Å². The molecule has 1 aliphatic heterocycles. The van der Waals surface area contributed by atoms with Gasteiger partial charge in [0, 0.05) is 40.4 Å². The van der Waals surface area contributed by atoms with E-state index in [0.717, 1.165) is 5.46 Å². The van der Waals surface area contributed by atoms with E-state index in [-0.39, 0.29) is 18.3 Å². The van der Waals surface area contributed by atoms with Crippen molar-refractivity contribution in [2.45, 2.75) is 38.9 Å². The van der Waals surface area contributed by atoms with Gasteiger partial charge in [0.2, 0.25) is 0 Å². The lowest BCUT2D eigenvalue weighted by molar-refractivity contribution is 0.00578. The van der Waals surface area contributed by atoms with Crippen LogP contribution in [-0.4, -0.2) is 18.3 Å². The van der Waals surface area contributed by atoms with E-state index in [9.17, 15) is 0 Å². The van der Waals surface area contributed by atoms with Crippen LogP contribution in [-0.2, 0) is 9.31 Å². The molecular formula is C28H23BO2S2. The minimum Gasteiger partial charge on any atom is -0.399 e. The minimum absolute atomic E-state index is 0.374. The van der Waals surface area contributed by atoms with Gasteiger partial charge in [0.25, 0.3) is 0 Å². The first-order valence-electron chi connectivity index (χ1n) is 11.4. The average molecular weight is 466 g/mol. The Morgan fingerprint density at radius 3 is 2.15 bits per heavy atom. The average Bonchev–Trinajstić information content (AvgIpc) is 3.21. The van der Waals surface area contributed by atoms with Gasteiger partial charge in [-0.25, -0.2) is 0 Å². The second-order valence-corrected chi connectivity index (χ2v) is 12.1. The normalized spacial score (nSPS) is 17.9. The summed E-state index contributed by atoms with van der Waals surface area (Å²) in [5, 5.41) is 7.87. The van der Waals surface area contributed by atoms with Gasteiger partial charge in [-0.1, -0.05) is 54.6 Å². The second-order valence-electron chi connectivity index (χ2n) is 9.99. The van der Waals surface area contributed by atoms with E-state index in [1.165, 1.54) is 51.1 Å². The molecule has 0 aliphatic carbocycles. The molecule has 5 heteroatoms. The maximum atomic E-state index is 6.53. The van der Waals surface area contributed by atoms with Crippen LogP contribution in [0.3, 0.4) is 0 Å². The Hall–Kier alpha value is -2.44. The SMILES string of the molecule is CC1(C)OB(c2ccc3sc4cccc5c6ccc7ccccc7c6sc2c3c45)OC1(C)C. The lowest BCUT2D eigenvalue weighted by Crippen LogP contribution is -2.41. The van der Waals surface area contributed by atoms with Crippen LogP contribution in [0.15, 0.2) is 66.7 Å². The lowest BCUT2D eigenvalue weighted by atomic mass is 9.78. The summed E-state index contributed by atoms with van der Waals surface area (Å²) in [7, 11) is -0.388. The summed E-state index contributed by atoms with van der Waals surface area (Å²) < 4.78 is 18.3. The van der Waals surface area contributed by atoms with Crippen molar-refractivity contribution in [3.63, 3.8) is 0 Å². The van der Waals surface area contributed by atoms with Crippen LogP contribution in [0, 0.1) is 0 Å². The number of thiophene rings is 1. The molecule has 0 saturated carbocycles. The summed E-state index contributed by atoms with van der Waals surface area (Å²) in [4.78, 5) is 0. The highest BCUT2D eigenvalue weighted by molar-refractivity contribution is 7.30. The van der Waals surface area contributed by atoms with E-state index in [1.807, 2.05) is 22.7 Å². The van der Waals surface area contributed by atoms with E-state index >= 15 is 0 Å². The van der Waals surface area contributed by atoms with E-state index in [1.54, 1.807) is 0 Å². The van der Waals surface area contributed by atoms with E-state index in [4.69, 9.17) is 9.31 Å². The third kappa shape index (κ3) is 2.68. The smallest absolute Gasteiger partial charge is 0.399 e. The Morgan fingerprint density at radius 1 is 0.606 bits per heavy atom. The standard InChI is InChI=1S/C28H23BO2S2/c1-27(2)28(3,4)31-29(30-27)20-14-15-22-24-23-18(10-7-11-21(23)32-22)19-13-12-16-8-5-6-9-17(16)25(19)33-26(20)24/h5-15H,1-4H3. The summed E-state index contributed by atoms with van der Waals surface area (Å²) in [6.45, 7) is 8.49. The van der Waals surface area contributed by atoms with Gasteiger partial charge in [-0.05, 0) is 56.0 Å². The summed E-state index contributed by atoms with van der Waals surface area (Å²) in [6.07, 6.45) is 0. The molecule has 3 heterocycles. The van der Waals surface area contributed by atoms with Crippen LogP contribution < -0.4 is 5.46 Å². The molecule has 0 N–H and O–H groups in total. The minimum atomic E-state index is -0.388. The quantitative estimate of drug-likeness (QED) is 0.230. The molecular weight excluding hydrogens is 443 g/mol. The number of hydrogen-bond acceptors (Lipinski definition) is 4. The maximum absolute atomic E-state index is 6.53. The number of fused-ring (bicyclic) bond motifs is 4. The third-order valence-electron chi connectivity index (χ3n) is 7.53. The molecule has 2 aromatic heterocycles. The summed E-state index contributed by atoms with van der Waals surface area (Å²) >= 11 is 3.75. The van der Waals surface area contributed by atoms with Crippen molar-refractivity contribution in [3.05, 3.63) is 66.7 Å². The second kappa shape index (κ2) is 6.58. The molecule has 0 spiro atoms. The number of benzene rings is 4. The van der Waals surface area contributed by atoms with Gasteiger partial charge in [0.1, 0.15) is 0 Å². The van der Waals surface area contributed by atoms with Crippen molar-refractivity contribution >= 4 is 86.4 Å². The molecule has 2 nitrogen and oxygen atoms in total. The zero-order valence-corrected chi connectivity index (χ0v) is 20.7. The Morgan fingerprint density at radius 2 is 1.33 bits per heavy atom. The molecule has 0 radical (unpaired) electrons. The molecule has 1 aliphatic rings. The summed E-state index contributed by atoms with van der Waals surface area (Å²) in [5.74, 6) is 0.